The van der Waals surface area contributed by atoms with Crippen molar-refractivity contribution in [1.82, 2.24) is 0 Å². The number of nitrogens with zero attached hydrogens (tertiary/aromatic N) is 1. The lowest BCUT2D eigenvalue weighted by molar-refractivity contribution is -0.384. The molecule has 0 unspecified atom stereocenters. The normalized spacial score (nSPS) is 22.9. The van der Waals surface area contributed by atoms with Gasteiger partial charge in [0, 0.05) is 12.1 Å². The van der Waals surface area contributed by atoms with Gasteiger partial charge < -0.3 is 29.5 Å². The highest BCUT2D eigenvalue weighted by Gasteiger charge is 2.47. The zero-order valence-electron chi connectivity index (χ0n) is 21.4. The van der Waals surface area contributed by atoms with E-state index in [4.69, 9.17) is 14.2 Å². The number of hydrogen-bond donors (Lipinski definition) is 3. The molecule has 40 heavy (non-hydrogen) atoms. The number of aliphatic hydroxyl groups is 3. The van der Waals surface area contributed by atoms with Crippen molar-refractivity contribution in [2.75, 3.05) is 6.61 Å². The van der Waals surface area contributed by atoms with E-state index in [9.17, 15) is 25.4 Å². The molecule has 0 saturated carbocycles. The van der Waals surface area contributed by atoms with Crippen molar-refractivity contribution in [1.29, 1.82) is 0 Å². The third-order valence-electron chi connectivity index (χ3n) is 6.97. The van der Waals surface area contributed by atoms with Gasteiger partial charge in [0.05, 0.1) is 11.5 Å². The van der Waals surface area contributed by atoms with Crippen LogP contribution in [0.3, 0.4) is 0 Å². The fourth-order valence-corrected chi connectivity index (χ4v) is 4.91. The van der Waals surface area contributed by atoms with Gasteiger partial charge in [-0.3, -0.25) is 10.1 Å². The average molecular weight is 544 g/mol. The van der Waals surface area contributed by atoms with Gasteiger partial charge in [0.25, 0.3) is 5.69 Å². The molecule has 0 spiro atoms. The zero-order valence-corrected chi connectivity index (χ0v) is 21.4. The molecule has 3 N–H and O–H groups in total. The minimum absolute atomic E-state index is 0.127. The third-order valence-corrected chi connectivity index (χ3v) is 6.97. The largest absolute Gasteiger partial charge is 0.462 e. The molecule has 0 bridgehead atoms. The maximum Gasteiger partial charge on any atom is 0.269 e. The molecule has 1 aliphatic heterocycles. The van der Waals surface area contributed by atoms with Gasteiger partial charge in [0.1, 0.15) is 35.8 Å². The van der Waals surface area contributed by atoms with Gasteiger partial charge in [-0.25, -0.2) is 0 Å². The van der Waals surface area contributed by atoms with E-state index in [2.05, 4.69) is 0 Å². The predicted molar refractivity (Wildman–Crippen MR) is 146 cm³/mol. The Morgan fingerprint density at radius 2 is 1.18 bits per heavy atom. The molecule has 4 aromatic rings. The Labute approximate surface area is 231 Å². The van der Waals surface area contributed by atoms with Crippen LogP contribution in [0.2, 0.25) is 0 Å². The van der Waals surface area contributed by atoms with Crippen LogP contribution in [-0.2, 0) is 15.1 Å². The molecule has 1 aliphatic rings. The fourth-order valence-electron chi connectivity index (χ4n) is 4.91. The van der Waals surface area contributed by atoms with Crippen LogP contribution in [0, 0.1) is 10.1 Å². The monoisotopic (exact) mass is 543 g/mol. The lowest BCUT2D eigenvalue weighted by Gasteiger charge is -2.42. The minimum atomic E-state index is -1.59. The summed E-state index contributed by atoms with van der Waals surface area (Å²) in [5.74, 6) is 0.185. The van der Waals surface area contributed by atoms with E-state index < -0.39 is 41.2 Å². The van der Waals surface area contributed by atoms with Gasteiger partial charge in [0.15, 0.2) is 0 Å². The number of hydrogen-bond acceptors (Lipinski definition) is 8. The van der Waals surface area contributed by atoms with E-state index >= 15 is 0 Å². The highest BCUT2D eigenvalue weighted by molar-refractivity contribution is 5.47. The molecule has 0 radical (unpaired) electrons. The number of non-ortho nitro benzene ring substituents is 1. The van der Waals surface area contributed by atoms with E-state index in [1.165, 1.54) is 24.3 Å². The number of benzene rings is 4. The lowest BCUT2D eigenvalue weighted by atomic mass is 9.80. The van der Waals surface area contributed by atoms with Gasteiger partial charge in [-0.15, -0.1) is 0 Å². The number of nitro groups is 1. The van der Waals surface area contributed by atoms with Crippen molar-refractivity contribution in [3.63, 3.8) is 0 Å². The number of rotatable bonds is 9. The first kappa shape index (κ1) is 27.4. The quantitative estimate of drug-likeness (QED) is 0.165. The Bertz CT molecular complexity index is 1290. The van der Waals surface area contributed by atoms with Crippen LogP contribution in [-0.4, -0.2) is 57.6 Å². The molecule has 5 atom stereocenters. The summed E-state index contributed by atoms with van der Waals surface area (Å²) < 4.78 is 18.4. The van der Waals surface area contributed by atoms with E-state index in [0.29, 0.717) is 0 Å². The SMILES string of the molecule is O=[N+]([O-])c1ccc(O[C@H]2O[C@H](COC(c3ccccc3)(c3ccccc3)c3ccccc3)[C@@H](O)[C@H](O)[C@@H]2O)cc1. The summed E-state index contributed by atoms with van der Waals surface area (Å²) in [6.07, 6.45) is -7.11. The van der Waals surface area contributed by atoms with Gasteiger partial charge in [-0.2, -0.15) is 0 Å². The van der Waals surface area contributed by atoms with Crippen LogP contribution in [0.1, 0.15) is 16.7 Å². The summed E-state index contributed by atoms with van der Waals surface area (Å²) in [5.41, 5.74) is 1.31. The Hall–Kier alpha value is -4.12. The second-order valence-corrected chi connectivity index (χ2v) is 9.47. The highest BCUT2D eigenvalue weighted by atomic mass is 16.7. The summed E-state index contributed by atoms with van der Waals surface area (Å²) in [6, 6.07) is 34.2. The Balaban J connectivity index is 1.46. The second-order valence-electron chi connectivity index (χ2n) is 9.47. The van der Waals surface area contributed by atoms with Crippen molar-refractivity contribution >= 4 is 5.69 Å². The average Bonchev–Trinajstić information content (AvgIpc) is 3.00. The van der Waals surface area contributed by atoms with Gasteiger partial charge in [0.2, 0.25) is 6.29 Å². The standard InChI is InChI=1S/C31H29NO8/c33-27-26(40-30(29(35)28(27)34)39-25-18-16-24(17-19-25)32(36)37)20-38-31(21-10-4-1-5-11-21,22-12-6-2-7-13-22)23-14-8-3-9-15-23/h1-19,26-30,33-35H,20H2/t26-,27-,28+,29+,30+/m1/s1. The molecule has 1 fully saturated rings. The summed E-state index contributed by atoms with van der Waals surface area (Å²) in [6.45, 7) is -0.177. The fraction of sp³-hybridized carbons (Fsp3) is 0.226. The minimum Gasteiger partial charge on any atom is -0.462 e. The summed E-state index contributed by atoms with van der Waals surface area (Å²) in [7, 11) is 0. The van der Waals surface area contributed by atoms with Crippen molar-refractivity contribution < 1.29 is 34.5 Å². The van der Waals surface area contributed by atoms with E-state index in [0.717, 1.165) is 16.7 Å². The van der Waals surface area contributed by atoms with Crippen LogP contribution in [0.25, 0.3) is 0 Å². The molecule has 4 aromatic carbocycles. The molecule has 0 aliphatic carbocycles. The van der Waals surface area contributed by atoms with Crippen LogP contribution in [0.5, 0.6) is 5.75 Å². The van der Waals surface area contributed by atoms with Crippen LogP contribution in [0.15, 0.2) is 115 Å². The molecular weight excluding hydrogens is 514 g/mol. The molecule has 5 rings (SSSR count). The van der Waals surface area contributed by atoms with Gasteiger partial charge in [-0.1, -0.05) is 91.0 Å². The van der Waals surface area contributed by atoms with Crippen LogP contribution in [0.4, 0.5) is 5.69 Å². The summed E-state index contributed by atoms with van der Waals surface area (Å²) in [5, 5.41) is 43.1. The Morgan fingerprint density at radius 3 is 1.62 bits per heavy atom. The van der Waals surface area contributed by atoms with Crippen molar-refractivity contribution in [3.8, 4) is 5.75 Å². The third kappa shape index (κ3) is 5.46. The Kier molecular flexibility index (Phi) is 8.20. The maximum absolute atomic E-state index is 11.0. The molecule has 0 amide bonds. The van der Waals surface area contributed by atoms with Gasteiger partial charge in [-0.05, 0) is 28.8 Å². The molecule has 1 saturated heterocycles. The van der Waals surface area contributed by atoms with Gasteiger partial charge >= 0.3 is 0 Å². The maximum atomic E-state index is 11.0. The first-order chi connectivity index (χ1) is 19.4. The molecule has 9 heteroatoms. The van der Waals surface area contributed by atoms with Crippen LogP contribution < -0.4 is 4.74 Å². The first-order valence-corrected chi connectivity index (χ1v) is 12.8. The van der Waals surface area contributed by atoms with Crippen molar-refractivity contribution in [2.24, 2.45) is 0 Å². The molecule has 206 valence electrons. The highest BCUT2D eigenvalue weighted by Crippen LogP contribution is 2.41. The molecular formula is C31H29NO8. The number of ether oxygens (including phenoxy) is 3. The smallest absolute Gasteiger partial charge is 0.269 e. The number of aliphatic hydroxyl groups excluding tert-OH is 3. The second kappa shape index (κ2) is 12.0. The first-order valence-electron chi connectivity index (χ1n) is 12.8. The lowest BCUT2D eigenvalue weighted by Crippen LogP contribution is -2.60. The van der Waals surface area contributed by atoms with E-state index in [1.54, 1.807) is 0 Å². The molecule has 9 nitrogen and oxygen atoms in total. The summed E-state index contributed by atoms with van der Waals surface area (Å²) >= 11 is 0. The van der Waals surface area contributed by atoms with E-state index in [1.807, 2.05) is 91.0 Å². The van der Waals surface area contributed by atoms with E-state index in [-0.39, 0.29) is 18.0 Å². The number of nitro benzene ring substituents is 1. The topological polar surface area (TPSA) is 132 Å². The van der Waals surface area contributed by atoms with Crippen LogP contribution >= 0.6 is 0 Å². The summed E-state index contributed by atoms with van der Waals surface area (Å²) in [4.78, 5) is 10.4. The molecule has 1 heterocycles. The zero-order chi connectivity index (χ0) is 28.1. The van der Waals surface area contributed by atoms with Crippen molar-refractivity contribution in [2.45, 2.75) is 36.3 Å². The molecule has 0 aromatic heterocycles. The predicted octanol–water partition coefficient (Wildman–Crippen LogP) is 3.79. The Morgan fingerprint density at radius 1 is 0.700 bits per heavy atom. The van der Waals surface area contributed by atoms with Crippen molar-refractivity contribution in [3.05, 3.63) is 142 Å².